The van der Waals surface area contributed by atoms with Crippen LogP contribution >= 0.6 is 0 Å². The van der Waals surface area contributed by atoms with Crippen molar-refractivity contribution in [3.05, 3.63) is 28.8 Å². The third kappa shape index (κ3) is 2.09. The van der Waals surface area contributed by atoms with Gasteiger partial charge in [-0.25, -0.2) is 4.99 Å². The van der Waals surface area contributed by atoms with Gasteiger partial charge in [-0.3, -0.25) is 0 Å². The Hall–Kier alpha value is -2.02. The molecule has 0 radical (unpaired) electrons. The summed E-state index contributed by atoms with van der Waals surface area (Å²) in [5.74, 6) is 0.349. The van der Waals surface area contributed by atoms with Gasteiger partial charge in [0.05, 0.1) is 16.7 Å². The quantitative estimate of drug-likeness (QED) is 0.803. The Morgan fingerprint density at radius 1 is 1.47 bits per heavy atom. The third-order valence-electron chi connectivity index (χ3n) is 2.57. The maximum Gasteiger partial charge on any atom is 0.220 e. The molecule has 2 rings (SSSR count). The van der Waals surface area contributed by atoms with Gasteiger partial charge in [0.25, 0.3) is 0 Å². The lowest BCUT2D eigenvalue weighted by Gasteiger charge is -2.07. The van der Waals surface area contributed by atoms with Crippen LogP contribution in [0, 0.1) is 18.3 Å². The SMILES string of the molecule is Cc1cc(C#N)c(O)c(C2=NC(C)(C)CO2)c1. The molecule has 0 aliphatic carbocycles. The Morgan fingerprint density at radius 3 is 2.71 bits per heavy atom. The van der Waals surface area contributed by atoms with E-state index in [0.717, 1.165) is 5.56 Å². The molecule has 0 bridgehead atoms. The molecule has 0 fully saturated rings. The molecule has 88 valence electrons. The lowest BCUT2D eigenvalue weighted by atomic mass is 10.0. The average molecular weight is 230 g/mol. The molecule has 17 heavy (non-hydrogen) atoms. The number of aliphatic imine (C=N–C) groups is 1. The number of hydrogen-bond acceptors (Lipinski definition) is 4. The monoisotopic (exact) mass is 230 g/mol. The predicted molar refractivity (Wildman–Crippen MR) is 64.1 cm³/mol. The van der Waals surface area contributed by atoms with Crippen molar-refractivity contribution >= 4 is 5.90 Å². The van der Waals surface area contributed by atoms with Crippen LogP contribution in [-0.2, 0) is 4.74 Å². The minimum atomic E-state index is -0.279. The van der Waals surface area contributed by atoms with E-state index in [1.807, 2.05) is 26.8 Å². The second-order valence-corrected chi connectivity index (χ2v) is 4.84. The highest BCUT2D eigenvalue weighted by molar-refractivity contribution is 5.98. The summed E-state index contributed by atoms with van der Waals surface area (Å²) in [6, 6.07) is 5.37. The summed E-state index contributed by atoms with van der Waals surface area (Å²) < 4.78 is 5.47. The highest BCUT2D eigenvalue weighted by atomic mass is 16.5. The first-order valence-corrected chi connectivity index (χ1v) is 5.40. The minimum absolute atomic E-state index is 0.0606. The number of nitriles is 1. The van der Waals surface area contributed by atoms with Gasteiger partial charge in [-0.05, 0) is 38.5 Å². The molecular formula is C13H14N2O2. The average Bonchev–Trinajstić information content (AvgIpc) is 2.61. The number of phenols is 1. The minimum Gasteiger partial charge on any atom is -0.506 e. The molecule has 1 heterocycles. The van der Waals surface area contributed by atoms with Crippen LogP contribution in [0.5, 0.6) is 5.75 Å². The highest BCUT2D eigenvalue weighted by Gasteiger charge is 2.29. The van der Waals surface area contributed by atoms with E-state index in [2.05, 4.69) is 4.99 Å². The van der Waals surface area contributed by atoms with Crippen LogP contribution < -0.4 is 0 Å². The van der Waals surface area contributed by atoms with Gasteiger partial charge in [-0.2, -0.15) is 5.26 Å². The fourth-order valence-corrected chi connectivity index (χ4v) is 1.75. The maximum atomic E-state index is 9.96. The predicted octanol–water partition coefficient (Wildman–Crippen LogP) is 2.13. The molecule has 0 aromatic heterocycles. The van der Waals surface area contributed by atoms with Crippen LogP contribution in [0.15, 0.2) is 17.1 Å². The first-order chi connectivity index (χ1) is 7.93. The zero-order valence-corrected chi connectivity index (χ0v) is 10.1. The molecule has 4 nitrogen and oxygen atoms in total. The van der Waals surface area contributed by atoms with Crippen LogP contribution in [0.3, 0.4) is 0 Å². The molecular weight excluding hydrogens is 216 g/mol. The smallest absolute Gasteiger partial charge is 0.220 e. The molecule has 1 N–H and O–H groups in total. The van der Waals surface area contributed by atoms with Crippen molar-refractivity contribution in [3.63, 3.8) is 0 Å². The van der Waals surface area contributed by atoms with Gasteiger partial charge in [0.2, 0.25) is 5.90 Å². The third-order valence-corrected chi connectivity index (χ3v) is 2.57. The van der Waals surface area contributed by atoms with E-state index in [1.165, 1.54) is 0 Å². The highest BCUT2D eigenvalue weighted by Crippen LogP contribution is 2.29. The van der Waals surface area contributed by atoms with E-state index in [4.69, 9.17) is 10.00 Å². The van der Waals surface area contributed by atoms with Crippen molar-refractivity contribution in [3.8, 4) is 11.8 Å². The molecule has 0 spiro atoms. The molecule has 0 amide bonds. The van der Waals surface area contributed by atoms with E-state index < -0.39 is 0 Å². The fourth-order valence-electron chi connectivity index (χ4n) is 1.75. The zero-order chi connectivity index (χ0) is 12.6. The molecule has 4 heteroatoms. The van der Waals surface area contributed by atoms with Gasteiger partial charge < -0.3 is 9.84 Å². The van der Waals surface area contributed by atoms with Crippen molar-refractivity contribution in [2.24, 2.45) is 4.99 Å². The molecule has 0 saturated carbocycles. The van der Waals surface area contributed by atoms with Gasteiger partial charge in [0.1, 0.15) is 18.4 Å². The van der Waals surface area contributed by atoms with E-state index in [0.29, 0.717) is 18.1 Å². The Labute approximate surface area is 100 Å². The first kappa shape index (κ1) is 11.5. The van der Waals surface area contributed by atoms with E-state index in [-0.39, 0.29) is 16.9 Å². The van der Waals surface area contributed by atoms with Crippen LogP contribution in [0.25, 0.3) is 0 Å². The molecule has 0 unspecified atom stereocenters. The normalized spacial score (nSPS) is 17.2. The number of ether oxygens (including phenoxy) is 1. The Kier molecular flexibility index (Phi) is 2.55. The van der Waals surface area contributed by atoms with Crippen LogP contribution in [0.4, 0.5) is 0 Å². The summed E-state index contributed by atoms with van der Waals surface area (Å²) in [7, 11) is 0. The lowest BCUT2D eigenvalue weighted by molar-refractivity contribution is 0.279. The number of phenolic OH excluding ortho intramolecular Hbond substituents is 1. The van der Waals surface area contributed by atoms with Gasteiger partial charge in [-0.1, -0.05) is 0 Å². The fraction of sp³-hybridized carbons (Fsp3) is 0.385. The molecule has 1 aromatic carbocycles. The van der Waals surface area contributed by atoms with Gasteiger partial charge >= 0.3 is 0 Å². The van der Waals surface area contributed by atoms with Gasteiger partial charge in [-0.15, -0.1) is 0 Å². The van der Waals surface area contributed by atoms with Crippen LogP contribution in [0.1, 0.15) is 30.5 Å². The summed E-state index contributed by atoms with van der Waals surface area (Å²) in [6.07, 6.45) is 0. The topological polar surface area (TPSA) is 65.6 Å². The van der Waals surface area contributed by atoms with Crippen molar-refractivity contribution < 1.29 is 9.84 Å². The molecule has 0 saturated heterocycles. The Bertz CT molecular complexity index is 539. The van der Waals surface area contributed by atoms with Crippen LogP contribution in [0.2, 0.25) is 0 Å². The van der Waals surface area contributed by atoms with E-state index in [9.17, 15) is 5.11 Å². The molecule has 1 aromatic rings. The summed E-state index contributed by atoms with van der Waals surface area (Å²) in [6.45, 7) is 6.26. The number of aryl methyl sites for hydroxylation is 1. The largest absolute Gasteiger partial charge is 0.506 e. The maximum absolute atomic E-state index is 9.96. The van der Waals surface area contributed by atoms with Crippen LogP contribution in [-0.4, -0.2) is 23.2 Å². The molecule has 1 aliphatic rings. The Morgan fingerprint density at radius 2 is 2.18 bits per heavy atom. The summed E-state index contributed by atoms with van der Waals surface area (Å²) >= 11 is 0. The van der Waals surface area contributed by atoms with E-state index in [1.54, 1.807) is 12.1 Å². The summed E-state index contributed by atoms with van der Waals surface area (Å²) in [4.78, 5) is 4.39. The number of nitrogens with zero attached hydrogens (tertiary/aromatic N) is 2. The number of hydrogen-bond donors (Lipinski definition) is 1. The second-order valence-electron chi connectivity index (χ2n) is 4.84. The number of aromatic hydroxyl groups is 1. The lowest BCUT2D eigenvalue weighted by Crippen LogP contribution is -2.17. The first-order valence-electron chi connectivity index (χ1n) is 5.40. The van der Waals surface area contributed by atoms with Crippen molar-refractivity contribution in [1.82, 2.24) is 0 Å². The summed E-state index contributed by atoms with van der Waals surface area (Å²) in [5, 5.41) is 18.9. The van der Waals surface area contributed by atoms with E-state index >= 15 is 0 Å². The standard InChI is InChI=1S/C13H14N2O2/c1-8-4-9(6-14)11(16)10(5-8)12-15-13(2,3)7-17-12/h4-5,16H,7H2,1-3H3. The van der Waals surface area contributed by atoms with Crippen molar-refractivity contribution in [2.45, 2.75) is 26.3 Å². The van der Waals surface area contributed by atoms with Crippen molar-refractivity contribution in [2.75, 3.05) is 6.61 Å². The number of benzene rings is 1. The number of rotatable bonds is 1. The molecule has 1 aliphatic heterocycles. The van der Waals surface area contributed by atoms with Crippen molar-refractivity contribution in [1.29, 1.82) is 5.26 Å². The second kappa shape index (κ2) is 3.77. The molecule has 0 atom stereocenters. The van der Waals surface area contributed by atoms with Gasteiger partial charge in [0, 0.05) is 0 Å². The van der Waals surface area contributed by atoms with Gasteiger partial charge in [0.15, 0.2) is 0 Å². The zero-order valence-electron chi connectivity index (χ0n) is 10.1. The summed E-state index contributed by atoms with van der Waals surface area (Å²) in [5.41, 5.74) is 1.35. The Balaban J connectivity index is 2.55.